The summed E-state index contributed by atoms with van der Waals surface area (Å²) in [6, 6.07) is 8.38. The van der Waals surface area contributed by atoms with E-state index >= 15 is 0 Å². The summed E-state index contributed by atoms with van der Waals surface area (Å²) in [6.45, 7) is 2.56. The lowest BCUT2D eigenvalue weighted by Gasteiger charge is -2.35. The molecule has 0 fully saturated rings. The van der Waals surface area contributed by atoms with Gasteiger partial charge in [0.05, 0.1) is 28.9 Å². The van der Waals surface area contributed by atoms with E-state index in [2.05, 4.69) is 5.10 Å². The van der Waals surface area contributed by atoms with Gasteiger partial charge in [0.25, 0.3) is 10.0 Å². The largest absolute Gasteiger partial charge is 0.486 e. The minimum Gasteiger partial charge on any atom is -0.486 e. The van der Waals surface area contributed by atoms with Gasteiger partial charge in [0, 0.05) is 24.7 Å². The third-order valence-corrected chi connectivity index (χ3v) is 7.69. The fourth-order valence-corrected chi connectivity index (χ4v) is 5.61. The fourth-order valence-electron chi connectivity index (χ4n) is 4.06. The summed E-state index contributed by atoms with van der Waals surface area (Å²) < 4.78 is 75.8. The zero-order chi connectivity index (χ0) is 27.5. The molecule has 1 aliphatic heterocycles. The maximum absolute atomic E-state index is 13.6. The maximum Gasteiger partial charge on any atom is 0.416 e. The van der Waals surface area contributed by atoms with Gasteiger partial charge >= 0.3 is 12.1 Å². The van der Waals surface area contributed by atoms with Crippen LogP contribution in [0.4, 0.5) is 18.9 Å². The van der Waals surface area contributed by atoms with Gasteiger partial charge in [0.2, 0.25) is 0 Å². The van der Waals surface area contributed by atoms with Gasteiger partial charge in [-0.3, -0.25) is 13.8 Å². The van der Waals surface area contributed by atoms with E-state index in [9.17, 15) is 26.4 Å². The summed E-state index contributed by atoms with van der Waals surface area (Å²) in [5.41, 5.74) is 0.533. The highest BCUT2D eigenvalue weighted by Crippen LogP contribution is 2.40. The zero-order valence-electron chi connectivity index (χ0n) is 20.4. The first-order chi connectivity index (χ1) is 18.0. The predicted octanol–water partition coefficient (Wildman–Crippen LogP) is 5.30. The number of carbonyl (C=O) groups is 1. The Kier molecular flexibility index (Phi) is 7.81. The van der Waals surface area contributed by atoms with Gasteiger partial charge < -0.3 is 9.84 Å². The van der Waals surface area contributed by atoms with Crippen LogP contribution in [0.5, 0.6) is 5.75 Å². The summed E-state index contributed by atoms with van der Waals surface area (Å²) in [5, 5.41) is 13.3. The Balaban J connectivity index is 1.71. The van der Waals surface area contributed by atoms with Crippen molar-refractivity contribution in [2.45, 2.75) is 49.9 Å². The SMILES string of the molecule is CCCn1cc(/C=C/c2ccc3c(c2)N(S(=O)(=O)c2cccc(C(F)(F)F)c2)C[C@H](CCC(=O)O)O3)cn1. The maximum atomic E-state index is 13.6. The van der Waals surface area contributed by atoms with E-state index in [1.165, 1.54) is 0 Å². The fraction of sp³-hybridized carbons (Fsp3) is 0.308. The Hall–Kier alpha value is -3.80. The minimum absolute atomic E-state index is 0.0206. The van der Waals surface area contributed by atoms with E-state index in [-0.39, 0.29) is 30.8 Å². The summed E-state index contributed by atoms with van der Waals surface area (Å²) in [4.78, 5) is 10.6. The molecular weight excluding hydrogens is 523 g/mol. The van der Waals surface area contributed by atoms with Crippen molar-refractivity contribution < 1.29 is 36.2 Å². The van der Waals surface area contributed by atoms with Gasteiger partial charge in [0.15, 0.2) is 0 Å². The monoisotopic (exact) mass is 549 g/mol. The summed E-state index contributed by atoms with van der Waals surface area (Å²) in [6.07, 6.45) is 2.32. The molecule has 0 unspecified atom stereocenters. The predicted molar refractivity (Wildman–Crippen MR) is 135 cm³/mol. The third kappa shape index (κ3) is 6.18. The molecule has 2 heterocycles. The quantitative estimate of drug-likeness (QED) is 0.389. The number of benzene rings is 2. The number of ether oxygens (including phenoxy) is 1. The number of aryl methyl sites for hydroxylation is 1. The summed E-state index contributed by atoms with van der Waals surface area (Å²) in [7, 11) is -4.45. The Morgan fingerprint density at radius 1 is 1.18 bits per heavy atom. The Bertz CT molecular complexity index is 1450. The van der Waals surface area contributed by atoms with Gasteiger partial charge in [-0.25, -0.2) is 8.42 Å². The van der Waals surface area contributed by atoms with E-state index < -0.39 is 38.7 Å². The average molecular weight is 550 g/mol. The van der Waals surface area contributed by atoms with Crippen LogP contribution >= 0.6 is 0 Å². The van der Waals surface area contributed by atoms with Crippen molar-refractivity contribution in [3.8, 4) is 5.75 Å². The van der Waals surface area contributed by atoms with E-state index in [1.807, 2.05) is 19.2 Å². The highest BCUT2D eigenvalue weighted by molar-refractivity contribution is 7.92. The normalized spacial score (nSPS) is 15.9. The number of sulfonamides is 1. The van der Waals surface area contributed by atoms with Crippen LogP contribution in [0.2, 0.25) is 0 Å². The zero-order valence-corrected chi connectivity index (χ0v) is 21.2. The lowest BCUT2D eigenvalue weighted by molar-refractivity contribution is -0.138. The molecule has 0 radical (unpaired) electrons. The Labute approximate surface area is 218 Å². The van der Waals surface area contributed by atoms with E-state index in [4.69, 9.17) is 9.84 Å². The van der Waals surface area contributed by atoms with E-state index in [1.54, 1.807) is 35.2 Å². The van der Waals surface area contributed by atoms with Crippen LogP contribution in [-0.4, -0.2) is 41.9 Å². The minimum atomic E-state index is -4.72. The molecular formula is C26H26F3N3O5S. The summed E-state index contributed by atoms with van der Waals surface area (Å²) in [5.74, 6) is -0.885. The number of rotatable bonds is 9. The number of carboxylic acid groups (broad SMARTS) is 1. The van der Waals surface area contributed by atoms with Crippen LogP contribution < -0.4 is 9.04 Å². The number of alkyl halides is 3. The second kappa shape index (κ2) is 10.9. The Morgan fingerprint density at radius 2 is 1.95 bits per heavy atom. The molecule has 0 aliphatic carbocycles. The third-order valence-electron chi connectivity index (χ3n) is 5.92. The number of aliphatic carboxylic acids is 1. The molecule has 1 atom stereocenters. The number of fused-ring (bicyclic) bond motifs is 1. The number of hydrogen-bond acceptors (Lipinski definition) is 5. The number of halogens is 3. The van der Waals surface area contributed by atoms with Gasteiger partial charge in [0.1, 0.15) is 11.9 Å². The van der Waals surface area contributed by atoms with Gasteiger partial charge in [-0.05, 0) is 48.7 Å². The van der Waals surface area contributed by atoms with Crippen molar-refractivity contribution in [2.24, 2.45) is 0 Å². The van der Waals surface area contributed by atoms with Crippen LogP contribution in [0.1, 0.15) is 42.9 Å². The molecule has 0 saturated heterocycles. The van der Waals surface area contributed by atoms with Crippen molar-refractivity contribution in [1.29, 1.82) is 0 Å². The number of nitrogens with zero attached hydrogens (tertiary/aromatic N) is 3. The number of aromatic nitrogens is 2. The molecule has 0 saturated carbocycles. The first-order valence-corrected chi connectivity index (χ1v) is 13.3. The first-order valence-electron chi connectivity index (χ1n) is 11.9. The smallest absolute Gasteiger partial charge is 0.416 e. The average Bonchev–Trinajstić information content (AvgIpc) is 3.33. The van der Waals surface area contributed by atoms with Crippen LogP contribution in [0.25, 0.3) is 12.2 Å². The topological polar surface area (TPSA) is 102 Å². The molecule has 0 amide bonds. The lowest BCUT2D eigenvalue weighted by Crippen LogP contribution is -2.43. The summed E-state index contributed by atoms with van der Waals surface area (Å²) >= 11 is 0. The van der Waals surface area contributed by atoms with Crippen LogP contribution in [-0.2, 0) is 27.5 Å². The Morgan fingerprint density at radius 3 is 2.66 bits per heavy atom. The highest BCUT2D eigenvalue weighted by Gasteiger charge is 2.37. The molecule has 1 aromatic heterocycles. The van der Waals surface area contributed by atoms with Crippen LogP contribution in [0.3, 0.4) is 0 Å². The van der Waals surface area contributed by atoms with Crippen LogP contribution in [0.15, 0.2) is 59.8 Å². The van der Waals surface area contributed by atoms with Crippen molar-refractivity contribution in [2.75, 3.05) is 10.8 Å². The van der Waals surface area contributed by atoms with Gasteiger partial charge in [-0.2, -0.15) is 18.3 Å². The van der Waals surface area contributed by atoms with E-state index in [0.717, 1.165) is 41.0 Å². The number of hydrogen-bond donors (Lipinski definition) is 1. The molecule has 0 bridgehead atoms. The number of anilines is 1. The molecule has 38 heavy (non-hydrogen) atoms. The second-order valence-corrected chi connectivity index (χ2v) is 10.7. The van der Waals surface area contributed by atoms with Gasteiger partial charge in [-0.1, -0.05) is 31.2 Å². The molecule has 1 aliphatic rings. The number of carboxylic acids is 1. The molecule has 2 aromatic carbocycles. The van der Waals surface area contributed by atoms with Crippen LogP contribution in [0, 0.1) is 0 Å². The molecule has 3 aromatic rings. The first kappa shape index (κ1) is 27.2. The molecule has 4 rings (SSSR count). The molecule has 1 N–H and O–H groups in total. The molecule has 8 nitrogen and oxygen atoms in total. The van der Waals surface area contributed by atoms with Gasteiger partial charge in [-0.15, -0.1) is 0 Å². The lowest BCUT2D eigenvalue weighted by atomic mass is 10.1. The highest BCUT2D eigenvalue weighted by atomic mass is 32.2. The van der Waals surface area contributed by atoms with E-state index in [0.29, 0.717) is 11.6 Å². The molecule has 12 heteroatoms. The van der Waals surface area contributed by atoms with Crippen molar-refractivity contribution >= 4 is 33.8 Å². The van der Waals surface area contributed by atoms with Crippen molar-refractivity contribution in [1.82, 2.24) is 9.78 Å². The molecule has 0 spiro atoms. The molecule has 202 valence electrons. The second-order valence-electron chi connectivity index (χ2n) is 8.83. The van der Waals surface area contributed by atoms with Crippen molar-refractivity contribution in [3.63, 3.8) is 0 Å². The standard InChI is InChI=1S/C26H26F3N3O5S/c1-2-12-31-16-19(15-30-31)7-6-18-8-10-24-23(13-18)32(17-21(37-24)9-11-25(33)34)38(35,36)22-5-3-4-20(14-22)26(27,28)29/h3-8,10,13-16,21H,2,9,11-12,17H2,1H3,(H,33,34)/b7-6+/t21-/m0/s1. The van der Waals surface area contributed by atoms with Crippen molar-refractivity contribution in [3.05, 3.63) is 71.5 Å².